The molecule has 4 rings (SSSR count). The molecule has 1 heterocycles. The minimum Gasteiger partial charge on any atom is -0.497 e. The third-order valence-corrected chi connectivity index (χ3v) is 4.95. The van der Waals surface area contributed by atoms with Gasteiger partial charge in [-0.25, -0.2) is 0 Å². The van der Waals surface area contributed by atoms with Crippen LogP contribution >= 0.6 is 0 Å². The van der Waals surface area contributed by atoms with Crippen molar-refractivity contribution in [1.82, 2.24) is 0 Å². The first-order valence-electron chi connectivity index (χ1n) is 9.45. The van der Waals surface area contributed by atoms with Crippen LogP contribution in [-0.2, 0) is 6.61 Å². The number of carbonyl (C=O) groups is 1. The fraction of sp³-hybridized carbons (Fsp3) is 0.160. The maximum Gasteiger partial charge on any atom is 0.231 e. The number of allylic oxidation sites excluding steroid dienone is 1. The first-order chi connectivity index (χ1) is 14.0. The number of Topliss-reactive ketones (excluding diaryl/α,β-unsaturated/α-hetero) is 1. The molecule has 1 aliphatic rings. The number of benzene rings is 3. The smallest absolute Gasteiger partial charge is 0.231 e. The Bertz CT molecular complexity index is 1090. The molecule has 3 aromatic carbocycles. The number of rotatable bonds is 5. The average Bonchev–Trinajstić information content (AvgIpc) is 3.04. The van der Waals surface area contributed by atoms with Crippen molar-refractivity contribution < 1.29 is 19.0 Å². The van der Waals surface area contributed by atoms with Crippen LogP contribution in [0.2, 0.25) is 0 Å². The van der Waals surface area contributed by atoms with Crippen LogP contribution in [0.15, 0.2) is 66.4 Å². The molecule has 4 nitrogen and oxygen atoms in total. The van der Waals surface area contributed by atoms with E-state index >= 15 is 0 Å². The summed E-state index contributed by atoms with van der Waals surface area (Å²) in [5, 5.41) is 0. The van der Waals surface area contributed by atoms with Crippen LogP contribution in [0, 0.1) is 13.8 Å². The Balaban J connectivity index is 1.50. The molecule has 0 amide bonds. The Morgan fingerprint density at radius 1 is 0.931 bits per heavy atom. The molecular formula is C25H22O4. The lowest BCUT2D eigenvalue weighted by Crippen LogP contribution is -1.99. The van der Waals surface area contributed by atoms with Gasteiger partial charge >= 0.3 is 0 Å². The topological polar surface area (TPSA) is 44.8 Å². The molecule has 146 valence electrons. The number of carbonyl (C=O) groups excluding carboxylic acids is 1. The van der Waals surface area contributed by atoms with E-state index in [1.807, 2.05) is 30.3 Å². The number of hydrogen-bond acceptors (Lipinski definition) is 4. The van der Waals surface area contributed by atoms with E-state index in [1.165, 1.54) is 11.1 Å². The lowest BCUT2D eigenvalue weighted by Gasteiger charge is -2.10. The van der Waals surface area contributed by atoms with Crippen molar-refractivity contribution in [2.24, 2.45) is 0 Å². The maximum absolute atomic E-state index is 12.6. The van der Waals surface area contributed by atoms with Gasteiger partial charge in [-0.3, -0.25) is 4.79 Å². The summed E-state index contributed by atoms with van der Waals surface area (Å²) in [6, 6.07) is 19.1. The molecular weight excluding hydrogens is 364 g/mol. The number of methoxy groups -OCH3 is 1. The number of ether oxygens (including phenoxy) is 3. The van der Waals surface area contributed by atoms with Crippen molar-refractivity contribution in [3.8, 4) is 17.2 Å². The minimum absolute atomic E-state index is 0.128. The van der Waals surface area contributed by atoms with Gasteiger partial charge in [0, 0.05) is 6.07 Å². The van der Waals surface area contributed by atoms with Crippen molar-refractivity contribution in [3.63, 3.8) is 0 Å². The lowest BCUT2D eigenvalue weighted by molar-refractivity contribution is 0.101. The maximum atomic E-state index is 12.6. The standard InChI is InChI=1S/C25H22O4/c1-16-4-5-17(2)19(12-16)15-28-21-10-11-22-23(14-21)29-24(25(22)26)13-18-6-8-20(27-3)9-7-18/h4-14H,15H2,1-3H3/b24-13-. The summed E-state index contributed by atoms with van der Waals surface area (Å²) in [5.41, 5.74) is 4.94. The van der Waals surface area contributed by atoms with Gasteiger partial charge < -0.3 is 14.2 Å². The van der Waals surface area contributed by atoms with Gasteiger partial charge in [0.05, 0.1) is 12.7 Å². The van der Waals surface area contributed by atoms with Crippen molar-refractivity contribution in [2.45, 2.75) is 20.5 Å². The minimum atomic E-state index is -0.128. The average molecular weight is 386 g/mol. The molecule has 0 atom stereocenters. The highest BCUT2D eigenvalue weighted by molar-refractivity contribution is 6.14. The molecule has 29 heavy (non-hydrogen) atoms. The van der Waals surface area contributed by atoms with E-state index in [9.17, 15) is 4.79 Å². The predicted molar refractivity (Wildman–Crippen MR) is 113 cm³/mol. The third kappa shape index (κ3) is 4.02. The Kier molecular flexibility index (Phi) is 5.09. The Morgan fingerprint density at radius 2 is 1.69 bits per heavy atom. The van der Waals surface area contributed by atoms with Crippen LogP contribution in [0.1, 0.15) is 32.6 Å². The SMILES string of the molecule is COc1ccc(/C=C2\Oc3cc(OCc4cc(C)ccc4C)ccc3C2=O)cc1. The summed E-state index contributed by atoms with van der Waals surface area (Å²) in [6.07, 6.45) is 1.73. The van der Waals surface area contributed by atoms with Crippen LogP contribution in [0.5, 0.6) is 17.2 Å². The molecule has 4 heteroatoms. The summed E-state index contributed by atoms with van der Waals surface area (Å²) in [5.74, 6) is 2.13. The van der Waals surface area contributed by atoms with Crippen LogP contribution in [0.4, 0.5) is 0 Å². The first-order valence-corrected chi connectivity index (χ1v) is 9.45. The largest absolute Gasteiger partial charge is 0.497 e. The Hall–Kier alpha value is -3.53. The second-order valence-corrected chi connectivity index (χ2v) is 7.09. The number of fused-ring (bicyclic) bond motifs is 1. The molecule has 0 radical (unpaired) electrons. The van der Waals surface area contributed by atoms with E-state index in [0.717, 1.165) is 16.9 Å². The van der Waals surface area contributed by atoms with Gasteiger partial charge in [-0.15, -0.1) is 0 Å². The van der Waals surface area contributed by atoms with E-state index in [0.29, 0.717) is 29.4 Å². The molecule has 0 bridgehead atoms. The van der Waals surface area contributed by atoms with Crippen LogP contribution in [0.25, 0.3) is 6.08 Å². The van der Waals surface area contributed by atoms with E-state index < -0.39 is 0 Å². The second kappa shape index (κ2) is 7.84. The van der Waals surface area contributed by atoms with E-state index in [-0.39, 0.29) is 5.78 Å². The Labute approximate surface area is 170 Å². The monoisotopic (exact) mass is 386 g/mol. The molecule has 0 saturated heterocycles. The van der Waals surface area contributed by atoms with Crippen LogP contribution < -0.4 is 14.2 Å². The van der Waals surface area contributed by atoms with Gasteiger partial charge in [0.1, 0.15) is 23.9 Å². The summed E-state index contributed by atoms with van der Waals surface area (Å²) in [7, 11) is 1.62. The molecule has 0 unspecified atom stereocenters. The predicted octanol–water partition coefficient (Wildman–Crippen LogP) is 5.51. The van der Waals surface area contributed by atoms with E-state index in [2.05, 4.69) is 32.0 Å². The zero-order chi connectivity index (χ0) is 20.4. The fourth-order valence-corrected chi connectivity index (χ4v) is 3.23. The highest BCUT2D eigenvalue weighted by atomic mass is 16.5. The molecule has 0 aromatic heterocycles. The highest BCUT2D eigenvalue weighted by Crippen LogP contribution is 2.35. The van der Waals surface area contributed by atoms with Gasteiger partial charge in [-0.1, -0.05) is 35.9 Å². The quantitative estimate of drug-likeness (QED) is 0.543. The zero-order valence-corrected chi connectivity index (χ0v) is 16.7. The zero-order valence-electron chi connectivity index (χ0n) is 16.7. The molecule has 0 aliphatic carbocycles. The molecule has 0 N–H and O–H groups in total. The van der Waals surface area contributed by atoms with Gasteiger partial charge in [0.2, 0.25) is 5.78 Å². The van der Waals surface area contributed by atoms with Crippen molar-refractivity contribution >= 4 is 11.9 Å². The molecule has 3 aromatic rings. The summed E-state index contributed by atoms with van der Waals surface area (Å²) >= 11 is 0. The summed E-state index contributed by atoms with van der Waals surface area (Å²) < 4.78 is 16.9. The van der Waals surface area contributed by atoms with Gasteiger partial charge in [0.25, 0.3) is 0 Å². The van der Waals surface area contributed by atoms with E-state index in [1.54, 1.807) is 25.3 Å². The molecule has 0 fully saturated rings. The van der Waals surface area contributed by atoms with Crippen molar-refractivity contribution in [1.29, 1.82) is 0 Å². The second-order valence-electron chi connectivity index (χ2n) is 7.09. The summed E-state index contributed by atoms with van der Waals surface area (Å²) in [4.78, 5) is 12.6. The Morgan fingerprint density at radius 3 is 2.45 bits per heavy atom. The summed E-state index contributed by atoms with van der Waals surface area (Å²) in [6.45, 7) is 4.60. The lowest BCUT2D eigenvalue weighted by atomic mass is 10.1. The molecule has 0 spiro atoms. The van der Waals surface area contributed by atoms with E-state index in [4.69, 9.17) is 14.2 Å². The van der Waals surface area contributed by atoms with Crippen molar-refractivity contribution in [3.05, 3.63) is 94.2 Å². The number of aryl methyl sites for hydroxylation is 2. The molecule has 0 saturated carbocycles. The highest BCUT2D eigenvalue weighted by Gasteiger charge is 2.27. The fourth-order valence-electron chi connectivity index (χ4n) is 3.23. The molecule has 1 aliphatic heterocycles. The van der Waals surface area contributed by atoms with Crippen LogP contribution in [0.3, 0.4) is 0 Å². The van der Waals surface area contributed by atoms with Gasteiger partial charge in [0.15, 0.2) is 5.76 Å². The van der Waals surface area contributed by atoms with Crippen molar-refractivity contribution in [2.75, 3.05) is 7.11 Å². The van der Waals surface area contributed by atoms with Gasteiger partial charge in [-0.2, -0.15) is 0 Å². The van der Waals surface area contributed by atoms with Crippen LogP contribution in [-0.4, -0.2) is 12.9 Å². The number of ketones is 1. The number of hydrogen-bond donors (Lipinski definition) is 0. The normalized spacial score (nSPS) is 13.9. The van der Waals surface area contributed by atoms with Gasteiger partial charge in [-0.05, 0) is 60.9 Å². The first kappa shape index (κ1) is 18.8. The third-order valence-electron chi connectivity index (χ3n) is 4.95.